The van der Waals surface area contributed by atoms with E-state index in [1.54, 1.807) is 27.7 Å². The van der Waals surface area contributed by atoms with E-state index < -0.39 is 0 Å². The monoisotopic (exact) mass is 396 g/mol. The van der Waals surface area contributed by atoms with Crippen LogP contribution in [0.2, 0.25) is 0 Å². The highest BCUT2D eigenvalue weighted by atomic mass is 32.2. The Kier molecular flexibility index (Phi) is 4.74. The third kappa shape index (κ3) is 3.15. The summed E-state index contributed by atoms with van der Waals surface area (Å²) in [7, 11) is 0. The Morgan fingerprint density at radius 3 is 2.48 bits per heavy atom. The number of aromatic nitrogens is 4. The van der Waals surface area contributed by atoms with Gasteiger partial charge in [0.1, 0.15) is 4.83 Å². The van der Waals surface area contributed by atoms with Crippen LogP contribution in [-0.4, -0.2) is 19.5 Å². The fraction of sp³-hybridized carbons (Fsp3) is 0.300. The van der Waals surface area contributed by atoms with Gasteiger partial charge in [0.15, 0.2) is 5.16 Å². The molecule has 0 aliphatic heterocycles. The molecule has 0 fully saturated rings. The zero-order chi connectivity index (χ0) is 19.1. The van der Waals surface area contributed by atoms with Crippen LogP contribution >= 0.6 is 23.1 Å². The third-order valence-electron chi connectivity index (χ3n) is 4.75. The van der Waals surface area contributed by atoms with E-state index in [9.17, 15) is 4.79 Å². The van der Waals surface area contributed by atoms with Crippen LogP contribution in [0.5, 0.6) is 0 Å². The van der Waals surface area contributed by atoms with Crippen molar-refractivity contribution in [3.05, 3.63) is 56.4 Å². The van der Waals surface area contributed by atoms with Crippen LogP contribution in [0.4, 0.5) is 0 Å². The highest BCUT2D eigenvalue weighted by molar-refractivity contribution is 7.98. The first-order valence-electron chi connectivity index (χ1n) is 8.85. The summed E-state index contributed by atoms with van der Waals surface area (Å²) in [5, 5.41) is 1.50. The number of hydrogen-bond acceptors (Lipinski definition) is 6. The number of thiophene rings is 1. The molecule has 4 aromatic rings. The SMILES string of the molecule is CCn1c(SCc2nc3ccccc3nc2C)nc2sc(C)c(C)c2c1=O. The predicted molar refractivity (Wildman–Crippen MR) is 113 cm³/mol. The van der Waals surface area contributed by atoms with Gasteiger partial charge in [0.05, 0.1) is 27.8 Å². The van der Waals surface area contributed by atoms with Crippen molar-refractivity contribution in [1.29, 1.82) is 0 Å². The minimum absolute atomic E-state index is 0.0492. The second-order valence-electron chi connectivity index (χ2n) is 6.44. The zero-order valence-corrected chi connectivity index (χ0v) is 17.4. The van der Waals surface area contributed by atoms with E-state index in [1.165, 1.54) is 0 Å². The third-order valence-corrected chi connectivity index (χ3v) is 6.84. The van der Waals surface area contributed by atoms with Crippen molar-refractivity contribution in [2.24, 2.45) is 0 Å². The number of nitrogens with zero attached hydrogens (tertiary/aromatic N) is 4. The molecule has 0 aliphatic carbocycles. The summed E-state index contributed by atoms with van der Waals surface area (Å²) in [5.41, 5.74) is 4.72. The van der Waals surface area contributed by atoms with E-state index in [1.807, 2.05) is 52.0 Å². The van der Waals surface area contributed by atoms with Gasteiger partial charge in [-0.05, 0) is 45.4 Å². The molecule has 0 atom stereocenters. The molecular weight excluding hydrogens is 376 g/mol. The van der Waals surface area contributed by atoms with Crippen molar-refractivity contribution >= 4 is 44.3 Å². The number of benzene rings is 1. The standard InChI is InChI=1S/C20H20N4OS2/c1-5-24-19(25)17-11(2)13(4)27-18(17)23-20(24)26-10-16-12(3)21-14-8-6-7-9-15(14)22-16/h6-9H,5,10H2,1-4H3. The topological polar surface area (TPSA) is 60.7 Å². The molecule has 0 saturated heterocycles. The molecule has 0 radical (unpaired) electrons. The van der Waals surface area contributed by atoms with Crippen molar-refractivity contribution in [3.8, 4) is 0 Å². The molecule has 138 valence electrons. The normalized spacial score (nSPS) is 11.6. The summed E-state index contributed by atoms with van der Waals surface area (Å²) in [6.45, 7) is 8.59. The van der Waals surface area contributed by atoms with Crippen LogP contribution in [0.3, 0.4) is 0 Å². The summed E-state index contributed by atoms with van der Waals surface area (Å²) in [6, 6.07) is 7.88. The van der Waals surface area contributed by atoms with Crippen LogP contribution in [0, 0.1) is 20.8 Å². The number of aryl methyl sites for hydroxylation is 3. The van der Waals surface area contributed by atoms with Crippen LogP contribution in [0.25, 0.3) is 21.3 Å². The summed E-state index contributed by atoms with van der Waals surface area (Å²) < 4.78 is 1.76. The fourth-order valence-electron chi connectivity index (χ4n) is 3.09. The average molecular weight is 397 g/mol. The van der Waals surface area contributed by atoms with Gasteiger partial charge in [-0.15, -0.1) is 11.3 Å². The minimum atomic E-state index is 0.0492. The first kappa shape index (κ1) is 18.1. The predicted octanol–water partition coefficient (Wildman–Crippen LogP) is 4.64. The Balaban J connectivity index is 1.74. The Bertz CT molecular complexity index is 1230. The lowest BCUT2D eigenvalue weighted by Crippen LogP contribution is -2.22. The van der Waals surface area contributed by atoms with Crippen molar-refractivity contribution in [1.82, 2.24) is 19.5 Å². The van der Waals surface area contributed by atoms with Crippen LogP contribution < -0.4 is 5.56 Å². The molecule has 7 heteroatoms. The smallest absolute Gasteiger partial charge is 0.263 e. The Hall–Kier alpha value is -2.25. The molecule has 27 heavy (non-hydrogen) atoms. The largest absolute Gasteiger partial charge is 0.287 e. The van der Waals surface area contributed by atoms with Gasteiger partial charge in [-0.1, -0.05) is 23.9 Å². The van der Waals surface area contributed by atoms with Crippen molar-refractivity contribution in [2.45, 2.75) is 45.1 Å². The molecule has 0 spiro atoms. The quantitative estimate of drug-likeness (QED) is 0.371. The van der Waals surface area contributed by atoms with Crippen LogP contribution in [-0.2, 0) is 12.3 Å². The fourth-order valence-corrected chi connectivity index (χ4v) is 5.23. The van der Waals surface area contributed by atoms with Gasteiger partial charge in [0.25, 0.3) is 5.56 Å². The van der Waals surface area contributed by atoms with E-state index in [0.29, 0.717) is 12.3 Å². The molecule has 1 aromatic carbocycles. The summed E-state index contributed by atoms with van der Waals surface area (Å²) in [6.07, 6.45) is 0. The first-order chi connectivity index (χ1) is 13.0. The van der Waals surface area contributed by atoms with Crippen LogP contribution in [0.1, 0.15) is 28.8 Å². The summed E-state index contributed by atoms with van der Waals surface area (Å²) in [4.78, 5) is 29.1. The van der Waals surface area contributed by atoms with Crippen molar-refractivity contribution in [3.63, 3.8) is 0 Å². The lowest BCUT2D eigenvalue weighted by molar-refractivity contribution is 0.635. The lowest BCUT2D eigenvalue weighted by atomic mass is 10.2. The van der Waals surface area contributed by atoms with Gasteiger partial charge >= 0.3 is 0 Å². The van der Waals surface area contributed by atoms with E-state index >= 15 is 0 Å². The molecule has 0 N–H and O–H groups in total. The number of para-hydroxylation sites is 2. The maximum absolute atomic E-state index is 13.0. The summed E-state index contributed by atoms with van der Waals surface area (Å²) >= 11 is 3.13. The Morgan fingerprint density at radius 2 is 1.78 bits per heavy atom. The van der Waals surface area contributed by atoms with Gasteiger partial charge in [-0.25, -0.2) is 15.0 Å². The molecule has 5 nitrogen and oxygen atoms in total. The maximum atomic E-state index is 13.0. The molecule has 0 aliphatic rings. The first-order valence-corrected chi connectivity index (χ1v) is 10.7. The molecule has 0 bridgehead atoms. The zero-order valence-electron chi connectivity index (χ0n) is 15.7. The average Bonchev–Trinajstić information content (AvgIpc) is 2.94. The Morgan fingerprint density at radius 1 is 1.07 bits per heavy atom. The van der Waals surface area contributed by atoms with Gasteiger partial charge in [-0.3, -0.25) is 9.36 Å². The highest BCUT2D eigenvalue weighted by Gasteiger charge is 2.16. The number of rotatable bonds is 4. The number of hydrogen-bond donors (Lipinski definition) is 0. The number of fused-ring (bicyclic) bond motifs is 2. The van der Waals surface area contributed by atoms with Gasteiger partial charge in [0, 0.05) is 17.2 Å². The maximum Gasteiger partial charge on any atom is 0.263 e. The molecular formula is C20H20N4OS2. The van der Waals surface area contributed by atoms with Crippen molar-refractivity contribution < 1.29 is 0 Å². The second kappa shape index (κ2) is 7.05. The molecule has 0 unspecified atom stereocenters. The van der Waals surface area contributed by atoms with Gasteiger partial charge in [-0.2, -0.15) is 0 Å². The number of thioether (sulfide) groups is 1. The molecule has 0 saturated carbocycles. The second-order valence-corrected chi connectivity index (χ2v) is 8.59. The van der Waals surface area contributed by atoms with E-state index in [4.69, 9.17) is 9.97 Å². The van der Waals surface area contributed by atoms with E-state index in [2.05, 4.69) is 4.98 Å². The van der Waals surface area contributed by atoms with E-state index in [-0.39, 0.29) is 5.56 Å². The van der Waals surface area contributed by atoms with Crippen molar-refractivity contribution in [2.75, 3.05) is 0 Å². The molecule has 0 amide bonds. The highest BCUT2D eigenvalue weighted by Crippen LogP contribution is 2.29. The molecule has 4 rings (SSSR count). The summed E-state index contributed by atoms with van der Waals surface area (Å²) in [5.74, 6) is 0.630. The Labute approximate surface area is 165 Å². The minimum Gasteiger partial charge on any atom is -0.287 e. The molecule has 3 aromatic heterocycles. The lowest BCUT2D eigenvalue weighted by Gasteiger charge is -2.11. The van der Waals surface area contributed by atoms with Gasteiger partial charge in [0.2, 0.25) is 0 Å². The van der Waals surface area contributed by atoms with E-state index in [0.717, 1.165) is 48.2 Å². The molecule has 3 heterocycles. The van der Waals surface area contributed by atoms with Gasteiger partial charge < -0.3 is 0 Å². The van der Waals surface area contributed by atoms with Crippen LogP contribution in [0.15, 0.2) is 34.2 Å².